The molecule has 0 unspecified atom stereocenters. The van der Waals surface area contributed by atoms with Crippen molar-refractivity contribution in [2.24, 2.45) is 0 Å². The van der Waals surface area contributed by atoms with Crippen molar-refractivity contribution in [3.05, 3.63) is 70.7 Å². The van der Waals surface area contributed by atoms with Crippen LogP contribution >= 0.6 is 11.8 Å². The lowest BCUT2D eigenvalue weighted by molar-refractivity contribution is 0.102. The Morgan fingerprint density at radius 2 is 1.93 bits per heavy atom. The predicted octanol–water partition coefficient (Wildman–Crippen LogP) is 4.34. The Morgan fingerprint density at radius 1 is 1.17 bits per heavy atom. The fourth-order valence-corrected chi connectivity index (χ4v) is 3.98. The third-order valence-corrected chi connectivity index (χ3v) is 5.64. The number of amides is 1. The highest BCUT2D eigenvalue weighted by Crippen LogP contribution is 2.27. The number of anilines is 1. The number of hydrogen-bond acceptors (Lipinski definition) is 6. The van der Waals surface area contributed by atoms with Crippen LogP contribution in [0, 0.1) is 13.8 Å². The van der Waals surface area contributed by atoms with Gasteiger partial charge in [-0.2, -0.15) is 0 Å². The smallest absolute Gasteiger partial charge is 0.258 e. The van der Waals surface area contributed by atoms with Crippen LogP contribution in [0.4, 0.5) is 5.69 Å². The number of benzene rings is 1. The summed E-state index contributed by atoms with van der Waals surface area (Å²) in [6.45, 7) is 4.80. The summed E-state index contributed by atoms with van der Waals surface area (Å²) in [5, 5.41) is 7.64. The predicted molar refractivity (Wildman–Crippen MR) is 116 cm³/mol. The highest BCUT2D eigenvalue weighted by molar-refractivity contribution is 7.98. The molecule has 1 N–H and O–H groups in total. The van der Waals surface area contributed by atoms with Crippen LogP contribution in [0.1, 0.15) is 32.9 Å². The number of nitrogens with one attached hydrogen (secondary N) is 1. The van der Waals surface area contributed by atoms with Gasteiger partial charge in [-0.05, 0) is 64.2 Å². The molecular weight excluding hydrogens is 384 g/mol. The summed E-state index contributed by atoms with van der Waals surface area (Å²) < 4.78 is 5.21. The lowest BCUT2D eigenvalue weighted by Gasteiger charge is -2.11. The van der Waals surface area contributed by atoms with Crippen LogP contribution in [0.3, 0.4) is 0 Å². The van der Waals surface area contributed by atoms with Crippen molar-refractivity contribution in [1.29, 1.82) is 0 Å². The van der Waals surface area contributed by atoms with Crippen molar-refractivity contribution in [2.45, 2.75) is 31.0 Å². The average Bonchev–Trinajstić information content (AvgIpc) is 3.03. The molecule has 152 valence electrons. The first-order valence-electron chi connectivity index (χ1n) is 9.48. The van der Waals surface area contributed by atoms with Crippen molar-refractivity contribution < 1.29 is 9.32 Å². The van der Waals surface area contributed by atoms with E-state index < -0.39 is 0 Å². The van der Waals surface area contributed by atoms with E-state index in [1.54, 1.807) is 18.3 Å². The molecule has 0 radical (unpaired) electrons. The summed E-state index contributed by atoms with van der Waals surface area (Å²) in [6, 6.07) is 11.6. The van der Waals surface area contributed by atoms with Gasteiger partial charge >= 0.3 is 0 Å². The van der Waals surface area contributed by atoms with Crippen LogP contribution in [0.5, 0.6) is 0 Å². The minimum absolute atomic E-state index is 0.166. The number of thioether (sulfide) groups is 1. The van der Waals surface area contributed by atoms with Crippen LogP contribution < -0.4 is 5.32 Å². The molecule has 0 fully saturated rings. The fourth-order valence-electron chi connectivity index (χ4n) is 2.83. The maximum atomic E-state index is 12.8. The molecule has 6 nitrogen and oxygen atoms in total. The zero-order chi connectivity index (χ0) is 20.8. The average molecular weight is 411 g/mol. The molecular formula is C22H26N4O2S. The summed E-state index contributed by atoms with van der Waals surface area (Å²) >= 11 is 1.51. The summed E-state index contributed by atoms with van der Waals surface area (Å²) in [5.41, 5.74) is 4.48. The second-order valence-electron chi connectivity index (χ2n) is 7.15. The third-order valence-electron chi connectivity index (χ3n) is 4.61. The zero-order valence-electron chi connectivity index (χ0n) is 17.2. The van der Waals surface area contributed by atoms with Crippen molar-refractivity contribution in [2.75, 3.05) is 26.0 Å². The molecule has 1 aromatic carbocycles. The van der Waals surface area contributed by atoms with Gasteiger partial charge in [0.1, 0.15) is 10.8 Å². The van der Waals surface area contributed by atoms with Gasteiger partial charge in [-0.3, -0.25) is 4.79 Å². The third kappa shape index (κ3) is 5.68. The van der Waals surface area contributed by atoms with Crippen molar-refractivity contribution in [3.8, 4) is 0 Å². The van der Waals surface area contributed by atoms with E-state index in [9.17, 15) is 4.79 Å². The van der Waals surface area contributed by atoms with Gasteiger partial charge in [0.05, 0.1) is 11.3 Å². The van der Waals surface area contributed by atoms with E-state index in [-0.39, 0.29) is 5.91 Å². The monoisotopic (exact) mass is 410 g/mol. The summed E-state index contributed by atoms with van der Waals surface area (Å²) in [6.07, 6.45) is 2.68. The molecule has 0 saturated carbocycles. The van der Waals surface area contributed by atoms with Gasteiger partial charge in [0.2, 0.25) is 0 Å². The van der Waals surface area contributed by atoms with Crippen molar-refractivity contribution in [1.82, 2.24) is 15.0 Å². The van der Waals surface area contributed by atoms with Crippen LogP contribution in [-0.4, -0.2) is 41.6 Å². The quantitative estimate of drug-likeness (QED) is 0.557. The molecule has 0 aliphatic rings. The number of likely N-dealkylation sites (N-methyl/N-ethyl adjacent to an activating group) is 1. The lowest BCUT2D eigenvalue weighted by Crippen LogP contribution is -2.15. The van der Waals surface area contributed by atoms with Gasteiger partial charge in [0.15, 0.2) is 0 Å². The van der Waals surface area contributed by atoms with Crippen molar-refractivity contribution in [3.63, 3.8) is 0 Å². The van der Waals surface area contributed by atoms with Gasteiger partial charge in [-0.15, -0.1) is 11.8 Å². The Kier molecular flexibility index (Phi) is 7.06. The Labute approximate surface area is 175 Å². The Morgan fingerprint density at radius 3 is 2.59 bits per heavy atom. The van der Waals surface area contributed by atoms with Crippen LogP contribution in [0.15, 0.2) is 52.1 Å². The highest BCUT2D eigenvalue weighted by Gasteiger charge is 2.15. The number of aryl methyl sites for hydroxylation is 2. The Hall–Kier alpha value is -2.64. The van der Waals surface area contributed by atoms with E-state index in [1.807, 2.05) is 26.0 Å². The zero-order valence-corrected chi connectivity index (χ0v) is 18.0. The van der Waals surface area contributed by atoms with Crippen LogP contribution in [0.25, 0.3) is 0 Å². The topological polar surface area (TPSA) is 71.3 Å². The maximum Gasteiger partial charge on any atom is 0.258 e. The molecule has 0 bridgehead atoms. The van der Waals surface area contributed by atoms with E-state index >= 15 is 0 Å². The number of aromatic nitrogens is 2. The van der Waals surface area contributed by atoms with Gasteiger partial charge in [0.25, 0.3) is 5.91 Å². The van der Waals surface area contributed by atoms with E-state index in [2.05, 4.69) is 46.6 Å². The van der Waals surface area contributed by atoms with Gasteiger partial charge < -0.3 is 14.7 Å². The standard InChI is InChI=1S/C22H26N4O2S/c1-15-20(16(2)28-25-15)14-29-22-19(6-5-12-23-22)21(27)24-18-9-7-17(8-10-18)11-13-26(3)4/h5-10,12H,11,13-14H2,1-4H3,(H,24,27). The molecule has 0 spiro atoms. The molecule has 3 aromatic rings. The minimum Gasteiger partial charge on any atom is -0.361 e. The first-order chi connectivity index (χ1) is 13.9. The first kappa shape index (κ1) is 21.1. The number of hydrogen-bond donors (Lipinski definition) is 1. The molecule has 3 rings (SSSR count). The van der Waals surface area contributed by atoms with E-state index in [1.165, 1.54) is 17.3 Å². The fraction of sp³-hybridized carbons (Fsp3) is 0.318. The normalized spacial score (nSPS) is 11.1. The van der Waals surface area contributed by atoms with Gasteiger partial charge in [-0.25, -0.2) is 4.98 Å². The van der Waals surface area contributed by atoms with E-state index in [0.717, 1.165) is 35.7 Å². The second kappa shape index (κ2) is 9.71. The second-order valence-corrected chi connectivity index (χ2v) is 8.12. The number of nitrogens with zero attached hydrogens (tertiary/aromatic N) is 3. The maximum absolute atomic E-state index is 12.8. The number of carbonyl (C=O) groups is 1. The highest BCUT2D eigenvalue weighted by atomic mass is 32.2. The van der Waals surface area contributed by atoms with Gasteiger partial charge in [-0.1, -0.05) is 17.3 Å². The van der Waals surface area contributed by atoms with E-state index in [0.29, 0.717) is 16.3 Å². The summed E-state index contributed by atoms with van der Waals surface area (Å²) in [7, 11) is 4.12. The molecule has 0 aliphatic heterocycles. The Bertz CT molecular complexity index is 948. The summed E-state index contributed by atoms with van der Waals surface area (Å²) in [5.74, 6) is 1.28. The first-order valence-corrected chi connectivity index (χ1v) is 10.5. The molecule has 0 saturated heterocycles. The molecule has 1 amide bonds. The van der Waals surface area contributed by atoms with Gasteiger partial charge in [0, 0.05) is 29.7 Å². The molecule has 0 aliphatic carbocycles. The molecule has 0 atom stereocenters. The molecule has 2 heterocycles. The van der Waals surface area contributed by atoms with E-state index in [4.69, 9.17) is 4.52 Å². The van der Waals surface area contributed by atoms with Crippen LogP contribution in [0.2, 0.25) is 0 Å². The molecule has 29 heavy (non-hydrogen) atoms. The number of rotatable bonds is 8. The SMILES string of the molecule is Cc1noc(C)c1CSc1ncccc1C(=O)Nc1ccc(CCN(C)C)cc1. The number of carbonyl (C=O) groups excluding carboxylic acids is 1. The van der Waals surface area contributed by atoms with Crippen molar-refractivity contribution >= 4 is 23.4 Å². The largest absolute Gasteiger partial charge is 0.361 e. The van der Waals surface area contributed by atoms with Crippen LogP contribution in [-0.2, 0) is 12.2 Å². The Balaban J connectivity index is 1.66. The molecule has 7 heteroatoms. The number of pyridine rings is 1. The lowest BCUT2D eigenvalue weighted by atomic mass is 10.1. The summed E-state index contributed by atoms with van der Waals surface area (Å²) in [4.78, 5) is 19.4. The molecule has 2 aromatic heterocycles. The minimum atomic E-state index is -0.166.